The van der Waals surface area contributed by atoms with Crippen molar-refractivity contribution in [3.05, 3.63) is 24.3 Å². The lowest BCUT2D eigenvalue weighted by atomic mass is 10.1. The number of hydrogen-bond acceptors (Lipinski definition) is 2. The molecule has 0 saturated carbocycles. The molecule has 5 heteroatoms. The maximum absolute atomic E-state index is 12.4. The van der Waals surface area contributed by atoms with E-state index in [-0.39, 0.29) is 16.7 Å². The van der Waals surface area contributed by atoms with Crippen molar-refractivity contribution in [2.45, 2.75) is 55.9 Å². The molecule has 1 aromatic rings. The van der Waals surface area contributed by atoms with E-state index in [2.05, 4.69) is 12.2 Å². The van der Waals surface area contributed by atoms with Crippen molar-refractivity contribution in [1.29, 1.82) is 0 Å². The van der Waals surface area contributed by atoms with E-state index in [1.807, 2.05) is 0 Å². The van der Waals surface area contributed by atoms with Crippen molar-refractivity contribution < 1.29 is 13.2 Å². The van der Waals surface area contributed by atoms with Gasteiger partial charge in [-0.15, -0.1) is 0 Å². The Labute approximate surface area is 123 Å². The van der Waals surface area contributed by atoms with Crippen molar-refractivity contribution in [2.24, 2.45) is 0 Å². The summed E-state index contributed by atoms with van der Waals surface area (Å²) in [6.45, 7) is 2.90. The lowest BCUT2D eigenvalue weighted by Crippen LogP contribution is -2.05. The topological polar surface area (TPSA) is 12.0 Å². The van der Waals surface area contributed by atoms with Gasteiger partial charge in [0, 0.05) is 17.1 Å². The number of anilines is 1. The third kappa shape index (κ3) is 7.68. The molecule has 0 atom stereocenters. The average Bonchev–Trinajstić information content (AvgIpc) is 2.38. The van der Waals surface area contributed by atoms with E-state index >= 15 is 0 Å². The van der Waals surface area contributed by atoms with Crippen LogP contribution in [-0.2, 0) is 0 Å². The third-order valence-electron chi connectivity index (χ3n) is 2.96. The van der Waals surface area contributed by atoms with E-state index in [4.69, 9.17) is 0 Å². The summed E-state index contributed by atoms with van der Waals surface area (Å²) in [5.41, 5.74) is -3.67. The Morgan fingerprint density at radius 3 is 2.35 bits per heavy atom. The summed E-state index contributed by atoms with van der Waals surface area (Å²) in [6, 6.07) is 6.58. The Morgan fingerprint density at radius 2 is 1.65 bits per heavy atom. The molecule has 0 bridgehead atoms. The van der Waals surface area contributed by atoms with Gasteiger partial charge in [0.2, 0.25) is 0 Å². The number of nitrogens with one attached hydrogen (secondary N) is 1. The summed E-state index contributed by atoms with van der Waals surface area (Å²) < 4.78 is 37.3. The summed E-state index contributed by atoms with van der Waals surface area (Å²) in [7, 11) is 0. The Kier molecular flexibility index (Phi) is 7.88. The minimum absolute atomic E-state index is 0.0602. The van der Waals surface area contributed by atoms with E-state index in [1.54, 1.807) is 18.2 Å². The predicted molar refractivity (Wildman–Crippen MR) is 80.2 cm³/mol. The average molecular weight is 305 g/mol. The summed E-state index contributed by atoms with van der Waals surface area (Å²) in [5, 5.41) is 3.11. The second-order valence-corrected chi connectivity index (χ2v) is 5.85. The molecule has 0 saturated heterocycles. The van der Waals surface area contributed by atoms with Gasteiger partial charge >= 0.3 is 5.51 Å². The third-order valence-corrected chi connectivity index (χ3v) is 3.77. The van der Waals surface area contributed by atoms with Crippen LogP contribution >= 0.6 is 11.8 Å². The summed E-state index contributed by atoms with van der Waals surface area (Å²) >= 11 is -0.0602. The zero-order chi connectivity index (χ0) is 14.8. The van der Waals surface area contributed by atoms with Crippen molar-refractivity contribution in [3.8, 4) is 0 Å². The second kappa shape index (κ2) is 9.16. The van der Waals surface area contributed by atoms with E-state index in [0.717, 1.165) is 19.4 Å². The fourth-order valence-corrected chi connectivity index (χ4v) is 2.60. The van der Waals surface area contributed by atoms with Gasteiger partial charge < -0.3 is 5.32 Å². The smallest absolute Gasteiger partial charge is 0.384 e. The van der Waals surface area contributed by atoms with Gasteiger partial charge in [0.15, 0.2) is 0 Å². The highest BCUT2D eigenvalue weighted by molar-refractivity contribution is 8.00. The molecule has 0 unspecified atom stereocenters. The molecule has 0 heterocycles. The van der Waals surface area contributed by atoms with Crippen LogP contribution in [0.5, 0.6) is 0 Å². The van der Waals surface area contributed by atoms with Gasteiger partial charge in [-0.2, -0.15) is 13.2 Å². The van der Waals surface area contributed by atoms with Crippen molar-refractivity contribution >= 4 is 17.4 Å². The number of unbranched alkanes of at least 4 members (excludes halogenated alkanes) is 5. The molecule has 20 heavy (non-hydrogen) atoms. The molecule has 0 aromatic heterocycles. The second-order valence-electron chi connectivity index (χ2n) is 4.74. The predicted octanol–water partition coefficient (Wildman–Crippen LogP) is 6.07. The molecule has 1 aromatic carbocycles. The molecule has 0 amide bonds. The Hall–Kier alpha value is -0.840. The van der Waals surface area contributed by atoms with Gasteiger partial charge in [0.1, 0.15) is 0 Å². The highest BCUT2D eigenvalue weighted by Gasteiger charge is 2.30. The number of halogens is 3. The molecule has 0 aliphatic carbocycles. The van der Waals surface area contributed by atoms with Crippen LogP contribution in [0.3, 0.4) is 0 Å². The summed E-state index contributed by atoms with van der Waals surface area (Å²) in [4.78, 5) is 0.242. The van der Waals surface area contributed by atoms with Gasteiger partial charge in [-0.05, 0) is 30.3 Å². The lowest BCUT2D eigenvalue weighted by molar-refractivity contribution is -0.0327. The van der Waals surface area contributed by atoms with Gasteiger partial charge in [-0.25, -0.2) is 0 Å². The summed E-state index contributed by atoms with van der Waals surface area (Å²) in [6.07, 6.45) is 7.06. The van der Waals surface area contributed by atoms with Crippen LogP contribution in [-0.4, -0.2) is 12.1 Å². The highest BCUT2D eigenvalue weighted by atomic mass is 32.2. The van der Waals surface area contributed by atoms with Gasteiger partial charge in [-0.1, -0.05) is 51.2 Å². The zero-order valence-electron chi connectivity index (χ0n) is 11.8. The van der Waals surface area contributed by atoms with Crippen LogP contribution in [0.4, 0.5) is 18.9 Å². The maximum Gasteiger partial charge on any atom is 0.446 e. The van der Waals surface area contributed by atoms with Crippen LogP contribution in [0.1, 0.15) is 45.4 Å². The number of alkyl halides is 3. The number of para-hydroxylation sites is 1. The minimum atomic E-state index is -4.24. The number of thioether (sulfide) groups is 1. The normalized spacial score (nSPS) is 11.6. The zero-order valence-corrected chi connectivity index (χ0v) is 12.6. The van der Waals surface area contributed by atoms with Crippen LogP contribution in [0.2, 0.25) is 0 Å². The molecular formula is C15H22F3NS. The minimum Gasteiger partial charge on any atom is -0.384 e. The first-order valence-electron chi connectivity index (χ1n) is 7.11. The van der Waals surface area contributed by atoms with Crippen molar-refractivity contribution in [2.75, 3.05) is 11.9 Å². The first-order chi connectivity index (χ1) is 9.53. The van der Waals surface area contributed by atoms with Crippen LogP contribution in [0.25, 0.3) is 0 Å². The van der Waals surface area contributed by atoms with Crippen molar-refractivity contribution in [3.63, 3.8) is 0 Å². The van der Waals surface area contributed by atoms with E-state index < -0.39 is 5.51 Å². The van der Waals surface area contributed by atoms with E-state index in [0.29, 0.717) is 5.69 Å². The van der Waals surface area contributed by atoms with Crippen LogP contribution in [0.15, 0.2) is 29.2 Å². The van der Waals surface area contributed by atoms with E-state index in [9.17, 15) is 13.2 Å². The van der Waals surface area contributed by atoms with Crippen LogP contribution < -0.4 is 5.32 Å². The van der Waals surface area contributed by atoms with Gasteiger partial charge in [-0.3, -0.25) is 0 Å². The molecule has 0 spiro atoms. The molecule has 0 aliphatic rings. The molecule has 0 radical (unpaired) electrons. The fourth-order valence-electron chi connectivity index (χ4n) is 1.95. The number of rotatable bonds is 9. The number of benzene rings is 1. The Bertz CT molecular complexity index is 380. The molecule has 1 rings (SSSR count). The molecular weight excluding hydrogens is 283 g/mol. The SMILES string of the molecule is CCCCCCCCNc1ccccc1SC(F)(F)F. The Balaban J connectivity index is 2.33. The first kappa shape index (κ1) is 17.2. The molecule has 0 aliphatic heterocycles. The Morgan fingerprint density at radius 1 is 1.00 bits per heavy atom. The molecule has 0 fully saturated rings. The van der Waals surface area contributed by atoms with E-state index in [1.165, 1.54) is 31.7 Å². The van der Waals surface area contributed by atoms with Gasteiger partial charge in [0.05, 0.1) is 0 Å². The molecule has 1 N–H and O–H groups in total. The summed E-state index contributed by atoms with van der Waals surface area (Å²) in [5.74, 6) is 0. The quantitative estimate of drug-likeness (QED) is 0.439. The number of hydrogen-bond donors (Lipinski definition) is 1. The van der Waals surface area contributed by atoms with Gasteiger partial charge in [0.25, 0.3) is 0 Å². The monoisotopic (exact) mass is 305 g/mol. The van der Waals surface area contributed by atoms with Crippen LogP contribution in [0, 0.1) is 0 Å². The standard InChI is InChI=1S/C15H22F3NS/c1-2-3-4-5-6-9-12-19-13-10-7-8-11-14(13)20-15(16,17)18/h7-8,10-11,19H,2-6,9,12H2,1H3. The highest BCUT2D eigenvalue weighted by Crippen LogP contribution is 2.40. The molecule has 1 nitrogen and oxygen atoms in total. The first-order valence-corrected chi connectivity index (χ1v) is 7.93. The fraction of sp³-hybridized carbons (Fsp3) is 0.600. The molecule has 114 valence electrons. The maximum atomic E-state index is 12.4. The largest absolute Gasteiger partial charge is 0.446 e. The van der Waals surface area contributed by atoms with Crippen molar-refractivity contribution in [1.82, 2.24) is 0 Å². The lowest BCUT2D eigenvalue weighted by Gasteiger charge is -2.12.